The van der Waals surface area contributed by atoms with Crippen LogP contribution in [0.15, 0.2) is 45.8 Å². The molecule has 2 aromatic carbocycles. The molecule has 0 unspecified atom stereocenters. The summed E-state index contributed by atoms with van der Waals surface area (Å²) in [5.41, 5.74) is 7.68. The van der Waals surface area contributed by atoms with Crippen LogP contribution in [0.4, 0.5) is 5.69 Å². The van der Waals surface area contributed by atoms with Crippen molar-refractivity contribution in [2.24, 2.45) is 0 Å². The molecule has 0 radical (unpaired) electrons. The van der Waals surface area contributed by atoms with Crippen LogP contribution in [-0.4, -0.2) is 0 Å². The topological polar surface area (TPSA) is 26.0 Å². The van der Waals surface area contributed by atoms with E-state index < -0.39 is 0 Å². The molecule has 0 aliphatic heterocycles. The molecule has 0 fully saturated rings. The van der Waals surface area contributed by atoms with Crippen LogP contribution in [0.25, 0.3) is 0 Å². The van der Waals surface area contributed by atoms with Crippen molar-refractivity contribution in [3.63, 3.8) is 0 Å². The van der Waals surface area contributed by atoms with E-state index in [-0.39, 0.29) is 0 Å². The Morgan fingerprint density at radius 1 is 1.11 bits per heavy atom. The van der Waals surface area contributed by atoms with Crippen LogP contribution in [0, 0.1) is 0 Å². The van der Waals surface area contributed by atoms with Crippen molar-refractivity contribution < 1.29 is 0 Å². The highest BCUT2D eigenvalue weighted by atomic mass is 79.9. The minimum absolute atomic E-state index is 0.651. The number of hydrogen-bond acceptors (Lipinski definition) is 2. The molecule has 2 aromatic rings. The zero-order chi connectivity index (χ0) is 13.1. The Hall–Kier alpha value is -0.350. The van der Waals surface area contributed by atoms with Crippen LogP contribution in [0.2, 0.25) is 10.0 Å². The molecule has 0 atom stereocenters. The van der Waals surface area contributed by atoms with Gasteiger partial charge in [0.05, 0.1) is 0 Å². The van der Waals surface area contributed by atoms with Gasteiger partial charge in [0.25, 0.3) is 0 Å². The molecule has 0 spiro atoms. The van der Waals surface area contributed by atoms with E-state index in [1.54, 1.807) is 17.8 Å². The van der Waals surface area contributed by atoms with Gasteiger partial charge < -0.3 is 5.73 Å². The highest BCUT2D eigenvalue weighted by Gasteiger charge is 2.05. The molecule has 18 heavy (non-hydrogen) atoms. The van der Waals surface area contributed by atoms with Gasteiger partial charge in [0.1, 0.15) is 0 Å². The average molecular weight is 363 g/mol. The van der Waals surface area contributed by atoms with Gasteiger partial charge in [-0.15, -0.1) is 11.8 Å². The number of hydrogen-bond donors (Lipinski definition) is 1. The number of nitrogen functional groups attached to an aromatic ring is 1. The van der Waals surface area contributed by atoms with E-state index in [9.17, 15) is 0 Å². The van der Waals surface area contributed by atoms with E-state index in [0.717, 1.165) is 25.7 Å². The summed E-state index contributed by atoms with van der Waals surface area (Å²) >= 11 is 17.1. The number of halogens is 3. The van der Waals surface area contributed by atoms with Gasteiger partial charge in [0.2, 0.25) is 0 Å². The first-order valence-corrected chi connectivity index (χ1v) is 7.71. The van der Waals surface area contributed by atoms with Crippen molar-refractivity contribution in [3.8, 4) is 0 Å². The molecule has 94 valence electrons. The summed E-state index contributed by atoms with van der Waals surface area (Å²) in [5, 5.41) is 1.41. The quantitative estimate of drug-likeness (QED) is 0.565. The fourth-order valence-electron chi connectivity index (χ4n) is 1.45. The van der Waals surface area contributed by atoms with Crippen LogP contribution >= 0.6 is 50.9 Å². The van der Waals surface area contributed by atoms with Crippen LogP contribution in [0.3, 0.4) is 0 Å². The predicted molar refractivity (Wildman–Crippen MR) is 84.6 cm³/mol. The largest absolute Gasteiger partial charge is 0.398 e. The summed E-state index contributed by atoms with van der Waals surface area (Å²) in [6.07, 6.45) is 0. The Balaban J connectivity index is 2.11. The average Bonchev–Trinajstić information content (AvgIpc) is 2.30. The molecule has 0 bridgehead atoms. The molecule has 0 aromatic heterocycles. The lowest BCUT2D eigenvalue weighted by atomic mass is 10.2. The van der Waals surface area contributed by atoms with E-state index >= 15 is 0 Å². The van der Waals surface area contributed by atoms with Gasteiger partial charge in [0, 0.05) is 30.9 Å². The molecule has 0 saturated carbocycles. The number of rotatable bonds is 3. The normalized spacial score (nSPS) is 10.6. The fourth-order valence-corrected chi connectivity index (χ4v) is 3.40. The van der Waals surface area contributed by atoms with Gasteiger partial charge >= 0.3 is 0 Å². The van der Waals surface area contributed by atoms with Crippen molar-refractivity contribution in [1.82, 2.24) is 0 Å². The van der Waals surface area contributed by atoms with E-state index in [2.05, 4.69) is 15.9 Å². The van der Waals surface area contributed by atoms with Crippen molar-refractivity contribution in [1.29, 1.82) is 0 Å². The SMILES string of the molecule is Nc1cc(Cl)ccc1SCc1ccc(Br)cc1Cl. The van der Waals surface area contributed by atoms with Gasteiger partial charge in [-0.25, -0.2) is 0 Å². The molecule has 0 amide bonds. The number of nitrogens with two attached hydrogens (primary N) is 1. The summed E-state index contributed by atoms with van der Waals surface area (Å²) in [4.78, 5) is 1.01. The van der Waals surface area contributed by atoms with Gasteiger partial charge in [-0.05, 0) is 35.9 Å². The molecule has 0 aliphatic carbocycles. The van der Waals surface area contributed by atoms with E-state index in [1.165, 1.54) is 0 Å². The first kappa shape index (κ1) is 14.1. The molecule has 2 N–H and O–H groups in total. The standard InChI is InChI=1S/C13H10BrCl2NS/c14-9-2-1-8(11(16)5-9)7-18-13-4-3-10(15)6-12(13)17/h1-6H,7,17H2. The molecular formula is C13H10BrCl2NS. The van der Waals surface area contributed by atoms with Gasteiger partial charge in [-0.2, -0.15) is 0 Å². The van der Waals surface area contributed by atoms with Crippen molar-refractivity contribution in [2.45, 2.75) is 10.6 Å². The maximum Gasteiger partial charge on any atom is 0.0467 e. The summed E-state index contributed by atoms with van der Waals surface area (Å²) in [6, 6.07) is 11.4. The summed E-state index contributed by atoms with van der Waals surface area (Å²) < 4.78 is 0.979. The third-order valence-electron chi connectivity index (χ3n) is 2.37. The van der Waals surface area contributed by atoms with Gasteiger partial charge in [-0.3, -0.25) is 0 Å². The maximum atomic E-state index is 6.17. The summed E-state index contributed by atoms with van der Waals surface area (Å²) in [7, 11) is 0. The molecule has 0 aliphatic rings. The Morgan fingerprint density at radius 2 is 1.89 bits per heavy atom. The third-order valence-corrected chi connectivity index (χ3v) is 4.59. The first-order chi connectivity index (χ1) is 8.56. The lowest BCUT2D eigenvalue weighted by molar-refractivity contribution is 1.38. The minimum atomic E-state index is 0.651. The fraction of sp³-hybridized carbons (Fsp3) is 0.0769. The lowest BCUT2D eigenvalue weighted by Crippen LogP contribution is -1.89. The highest BCUT2D eigenvalue weighted by molar-refractivity contribution is 9.10. The molecule has 2 rings (SSSR count). The van der Waals surface area contributed by atoms with Crippen molar-refractivity contribution in [2.75, 3.05) is 5.73 Å². The second-order valence-corrected chi connectivity index (χ2v) is 6.48. The predicted octanol–water partition coefficient (Wildman–Crippen LogP) is 5.63. The van der Waals surface area contributed by atoms with Gasteiger partial charge in [0.15, 0.2) is 0 Å². The molecule has 1 nitrogen and oxygen atoms in total. The zero-order valence-corrected chi connectivity index (χ0v) is 13.2. The first-order valence-electron chi connectivity index (χ1n) is 5.18. The lowest BCUT2D eigenvalue weighted by Gasteiger charge is -2.07. The Kier molecular flexibility index (Phi) is 4.84. The molecule has 5 heteroatoms. The van der Waals surface area contributed by atoms with E-state index in [4.69, 9.17) is 28.9 Å². The second-order valence-electron chi connectivity index (χ2n) is 3.71. The smallest absolute Gasteiger partial charge is 0.0467 e. The number of thioether (sulfide) groups is 1. The van der Waals surface area contributed by atoms with Crippen LogP contribution in [0.5, 0.6) is 0 Å². The third kappa shape index (κ3) is 3.58. The van der Waals surface area contributed by atoms with Crippen LogP contribution < -0.4 is 5.73 Å². The Labute approximate surface area is 129 Å². The highest BCUT2D eigenvalue weighted by Crippen LogP contribution is 2.32. The van der Waals surface area contributed by atoms with Crippen molar-refractivity contribution in [3.05, 3.63) is 56.5 Å². The number of anilines is 1. The van der Waals surface area contributed by atoms with E-state index in [0.29, 0.717) is 10.7 Å². The Bertz CT molecular complexity index is 523. The van der Waals surface area contributed by atoms with Crippen molar-refractivity contribution >= 4 is 56.6 Å². The zero-order valence-electron chi connectivity index (χ0n) is 9.29. The minimum Gasteiger partial charge on any atom is -0.398 e. The molecular weight excluding hydrogens is 353 g/mol. The molecule has 0 heterocycles. The van der Waals surface area contributed by atoms with Crippen LogP contribution in [-0.2, 0) is 5.75 Å². The number of benzene rings is 2. The maximum absolute atomic E-state index is 6.17. The van der Waals surface area contributed by atoms with E-state index in [1.807, 2.05) is 30.3 Å². The van der Waals surface area contributed by atoms with Gasteiger partial charge in [-0.1, -0.05) is 45.2 Å². The summed E-state index contributed by atoms with van der Waals surface area (Å²) in [6.45, 7) is 0. The summed E-state index contributed by atoms with van der Waals surface area (Å²) in [5.74, 6) is 0.776. The molecule has 0 saturated heterocycles. The Morgan fingerprint density at radius 3 is 2.56 bits per heavy atom. The van der Waals surface area contributed by atoms with Crippen LogP contribution in [0.1, 0.15) is 5.56 Å². The second kappa shape index (κ2) is 6.20. The monoisotopic (exact) mass is 361 g/mol.